The average molecular weight is 509 g/mol. The molecule has 0 bridgehead atoms. The Bertz CT molecular complexity index is 1080. The Morgan fingerprint density at radius 2 is 1.76 bits per heavy atom. The summed E-state index contributed by atoms with van der Waals surface area (Å²) in [6.45, 7) is 13.6. The average Bonchev–Trinajstić information content (AvgIpc) is 2.97. The van der Waals surface area contributed by atoms with Crippen LogP contribution in [0.2, 0.25) is 10.0 Å². The van der Waals surface area contributed by atoms with Crippen LogP contribution in [0.3, 0.4) is 0 Å². The number of nitrogens with one attached hydrogen (secondary N) is 1. The number of esters is 1. The molecule has 4 unspecified atom stereocenters. The maximum absolute atomic E-state index is 15.5. The van der Waals surface area contributed by atoms with E-state index in [1.165, 1.54) is 6.07 Å². The molecule has 0 saturated carbocycles. The molecule has 0 aromatic heterocycles. The number of halogens is 3. The molecule has 1 aliphatic heterocycles. The molecule has 186 valence electrons. The fraction of sp³-hybridized carbons (Fsp3) is 0.519. The lowest BCUT2D eigenvalue weighted by Gasteiger charge is -2.40. The maximum Gasteiger partial charge on any atom is 0.324 e. The first-order valence-corrected chi connectivity index (χ1v) is 12.3. The first-order chi connectivity index (χ1) is 15.5. The van der Waals surface area contributed by atoms with Gasteiger partial charge in [-0.3, -0.25) is 10.1 Å². The topological polar surface area (TPSA) is 64.3 Å². The van der Waals surface area contributed by atoms with Crippen molar-refractivity contribution in [3.8, 4) is 0 Å². The van der Waals surface area contributed by atoms with Crippen LogP contribution < -0.4 is 11.1 Å². The fourth-order valence-corrected chi connectivity index (χ4v) is 5.14. The molecule has 4 atom stereocenters. The molecule has 0 aliphatic carbocycles. The molecule has 1 heterocycles. The number of hydrogen-bond donors (Lipinski definition) is 2. The van der Waals surface area contributed by atoms with Crippen molar-refractivity contribution in [1.82, 2.24) is 5.32 Å². The van der Waals surface area contributed by atoms with E-state index < -0.39 is 34.9 Å². The molecular formula is C27H35Cl2FN2O2. The number of nitrogens with two attached hydrogens (primary N) is 1. The number of carbonyl (C=O) groups excluding carboxylic acids is 1. The van der Waals surface area contributed by atoms with Gasteiger partial charge in [-0.25, -0.2) is 4.39 Å². The van der Waals surface area contributed by atoms with Crippen LogP contribution in [0.15, 0.2) is 36.4 Å². The zero-order chi connectivity index (χ0) is 25.6. The first kappa shape index (κ1) is 26.9. The minimum atomic E-state index is -1.14. The summed E-state index contributed by atoms with van der Waals surface area (Å²) in [7, 11) is 0. The van der Waals surface area contributed by atoms with Gasteiger partial charge in [0.2, 0.25) is 0 Å². The summed E-state index contributed by atoms with van der Waals surface area (Å²) in [6.07, 6.45) is 0.642. The van der Waals surface area contributed by atoms with Crippen molar-refractivity contribution >= 4 is 29.2 Å². The molecule has 1 aliphatic rings. The van der Waals surface area contributed by atoms with Gasteiger partial charge in [0, 0.05) is 17.0 Å². The van der Waals surface area contributed by atoms with Gasteiger partial charge in [0.1, 0.15) is 17.5 Å². The van der Waals surface area contributed by atoms with Gasteiger partial charge in [-0.1, -0.05) is 68.2 Å². The van der Waals surface area contributed by atoms with Crippen molar-refractivity contribution in [3.05, 3.63) is 69.0 Å². The lowest BCUT2D eigenvalue weighted by atomic mass is 9.68. The first-order valence-electron chi connectivity index (χ1n) is 11.5. The molecule has 2 aromatic carbocycles. The quantitative estimate of drug-likeness (QED) is 0.462. The highest BCUT2D eigenvalue weighted by atomic mass is 35.5. The largest absolute Gasteiger partial charge is 0.459 e. The lowest BCUT2D eigenvalue weighted by Crippen LogP contribution is -2.52. The molecule has 4 nitrogen and oxygen atoms in total. The molecule has 3 rings (SSSR count). The van der Waals surface area contributed by atoms with Gasteiger partial charge in [-0.15, -0.1) is 0 Å². The van der Waals surface area contributed by atoms with Crippen LogP contribution >= 0.6 is 23.2 Å². The Morgan fingerprint density at radius 3 is 2.32 bits per heavy atom. The van der Waals surface area contributed by atoms with E-state index in [9.17, 15) is 4.79 Å². The molecular weight excluding hydrogens is 474 g/mol. The minimum Gasteiger partial charge on any atom is -0.459 e. The van der Waals surface area contributed by atoms with E-state index in [1.54, 1.807) is 39.0 Å². The number of carbonyl (C=O) groups is 1. The maximum atomic E-state index is 15.5. The third kappa shape index (κ3) is 5.43. The highest BCUT2D eigenvalue weighted by molar-refractivity contribution is 6.31. The number of rotatable bonds is 4. The Morgan fingerprint density at radius 1 is 1.12 bits per heavy atom. The summed E-state index contributed by atoms with van der Waals surface area (Å²) in [5, 5.41) is 4.04. The summed E-state index contributed by atoms with van der Waals surface area (Å²) < 4.78 is 21.3. The predicted octanol–water partition coefficient (Wildman–Crippen LogP) is 6.50. The number of hydrogen-bond acceptors (Lipinski definition) is 4. The van der Waals surface area contributed by atoms with E-state index in [4.69, 9.17) is 33.7 Å². The van der Waals surface area contributed by atoms with Crippen LogP contribution in [0.4, 0.5) is 4.39 Å². The molecule has 0 radical (unpaired) electrons. The van der Waals surface area contributed by atoms with E-state index in [-0.39, 0.29) is 22.0 Å². The molecule has 0 amide bonds. The van der Waals surface area contributed by atoms with Crippen LogP contribution in [-0.4, -0.2) is 23.7 Å². The van der Waals surface area contributed by atoms with E-state index in [1.807, 2.05) is 19.1 Å². The second kappa shape index (κ2) is 9.42. The Labute approximate surface area is 212 Å². The molecule has 1 saturated heterocycles. The molecule has 2 aromatic rings. The monoisotopic (exact) mass is 508 g/mol. The Kier molecular flexibility index (Phi) is 7.46. The minimum absolute atomic E-state index is 0.0191. The molecule has 34 heavy (non-hydrogen) atoms. The molecule has 0 spiro atoms. The number of aryl methyl sites for hydroxylation is 1. The number of benzene rings is 2. The van der Waals surface area contributed by atoms with Crippen molar-refractivity contribution in [2.45, 2.75) is 84.0 Å². The van der Waals surface area contributed by atoms with E-state index in [0.29, 0.717) is 11.4 Å². The highest BCUT2D eigenvalue weighted by Crippen LogP contribution is 2.49. The van der Waals surface area contributed by atoms with Gasteiger partial charge >= 0.3 is 5.97 Å². The van der Waals surface area contributed by atoms with Gasteiger partial charge in [-0.2, -0.15) is 0 Å². The molecule has 1 fully saturated rings. The van der Waals surface area contributed by atoms with Gasteiger partial charge in [0.05, 0.1) is 10.6 Å². The number of ether oxygens (including phenoxy) is 1. The lowest BCUT2D eigenvalue weighted by molar-refractivity contribution is -0.157. The van der Waals surface area contributed by atoms with Gasteiger partial charge < -0.3 is 10.5 Å². The SMILES string of the molecule is Cc1cc(C2(N)C(CC(C)(C)C)NC(C(=O)OC(C)(C)C)C2c2cccc(Cl)c2F)ccc1Cl. The van der Waals surface area contributed by atoms with Crippen LogP contribution in [0.5, 0.6) is 0 Å². The predicted molar refractivity (Wildman–Crippen MR) is 137 cm³/mol. The second-order valence-corrected chi connectivity index (χ2v) is 12.3. The zero-order valence-corrected chi connectivity index (χ0v) is 22.4. The third-order valence-electron chi connectivity index (χ3n) is 6.26. The van der Waals surface area contributed by atoms with Crippen molar-refractivity contribution in [1.29, 1.82) is 0 Å². The van der Waals surface area contributed by atoms with Crippen molar-refractivity contribution in [2.24, 2.45) is 11.1 Å². The zero-order valence-electron chi connectivity index (χ0n) is 20.9. The van der Waals surface area contributed by atoms with Crippen LogP contribution in [-0.2, 0) is 15.1 Å². The summed E-state index contributed by atoms with van der Waals surface area (Å²) in [4.78, 5) is 13.5. The van der Waals surface area contributed by atoms with Gasteiger partial charge in [-0.05, 0) is 68.4 Å². The van der Waals surface area contributed by atoms with Crippen molar-refractivity contribution in [3.63, 3.8) is 0 Å². The second-order valence-electron chi connectivity index (χ2n) is 11.5. The Balaban J connectivity index is 2.28. The smallest absolute Gasteiger partial charge is 0.324 e. The summed E-state index contributed by atoms with van der Waals surface area (Å²) in [6, 6.07) is 9.16. The van der Waals surface area contributed by atoms with E-state index >= 15 is 4.39 Å². The standard InChI is InChI=1S/C27H35Cl2FN2O2/c1-15-13-16(11-12-18(15)28)27(31)20(14-25(2,3)4)32-23(24(33)34-26(5,6)7)21(27)17-9-8-10-19(29)22(17)30/h8-13,20-21,23,32H,14,31H2,1-7H3. The molecule has 7 heteroatoms. The van der Waals surface area contributed by atoms with Crippen molar-refractivity contribution < 1.29 is 13.9 Å². The fourth-order valence-electron chi connectivity index (χ4n) is 4.85. The Hall–Kier alpha value is -1.66. The molecule has 3 N–H and O–H groups in total. The summed E-state index contributed by atoms with van der Waals surface area (Å²) in [5.74, 6) is -1.83. The summed E-state index contributed by atoms with van der Waals surface area (Å²) in [5.41, 5.74) is 7.24. The van der Waals surface area contributed by atoms with E-state index in [0.717, 1.165) is 11.1 Å². The normalized spacial score (nSPS) is 25.4. The van der Waals surface area contributed by atoms with Crippen molar-refractivity contribution in [2.75, 3.05) is 0 Å². The third-order valence-corrected chi connectivity index (χ3v) is 6.97. The van der Waals surface area contributed by atoms with Crippen LogP contribution in [0.1, 0.15) is 70.6 Å². The van der Waals surface area contributed by atoms with Gasteiger partial charge in [0.15, 0.2) is 0 Å². The van der Waals surface area contributed by atoms with Gasteiger partial charge in [0.25, 0.3) is 0 Å². The summed E-state index contributed by atoms with van der Waals surface area (Å²) >= 11 is 12.5. The van der Waals surface area contributed by atoms with E-state index in [2.05, 4.69) is 26.1 Å². The highest BCUT2D eigenvalue weighted by Gasteiger charge is 2.58. The van der Waals surface area contributed by atoms with Crippen LogP contribution in [0.25, 0.3) is 0 Å². The van der Waals surface area contributed by atoms with Crippen LogP contribution in [0, 0.1) is 18.2 Å².